The number of ether oxygens (including phenoxy) is 4. The molecule has 0 aliphatic carbocycles. The smallest absolute Gasteiger partial charge is 0.344 e. The number of carbonyl (C=O) groups excluding carboxylic acids is 2. The third-order valence-corrected chi connectivity index (χ3v) is 4.08. The number of benzene rings is 2. The van der Waals surface area contributed by atoms with Crippen molar-refractivity contribution in [3.63, 3.8) is 0 Å². The highest BCUT2D eigenvalue weighted by atomic mass is 19.1. The zero-order valence-corrected chi connectivity index (χ0v) is 16.6. The van der Waals surface area contributed by atoms with Gasteiger partial charge in [-0.15, -0.1) is 0 Å². The monoisotopic (exact) mass is 405 g/mol. The molecule has 0 fully saturated rings. The summed E-state index contributed by atoms with van der Waals surface area (Å²) in [5.41, 5.74) is 0.851. The standard InChI is InChI=1S/C21H24FNO6/c1-4-23(12-15-5-10-18(26-2)19(11-15)27-3)20(24)13-29-21(25)14-28-17-8-6-16(22)7-9-17/h5-11H,4,12-14H2,1-3H3. The van der Waals surface area contributed by atoms with Gasteiger partial charge in [-0.2, -0.15) is 0 Å². The SMILES string of the molecule is CCN(Cc1ccc(OC)c(OC)c1)C(=O)COC(=O)COc1ccc(F)cc1. The Morgan fingerprint density at radius 2 is 1.66 bits per heavy atom. The summed E-state index contributed by atoms with van der Waals surface area (Å²) in [4.78, 5) is 25.7. The molecule has 0 aliphatic rings. The number of methoxy groups -OCH3 is 2. The van der Waals surface area contributed by atoms with Crippen molar-refractivity contribution in [1.29, 1.82) is 0 Å². The molecule has 8 heteroatoms. The minimum Gasteiger partial charge on any atom is -0.493 e. The first-order chi connectivity index (χ1) is 14.0. The van der Waals surface area contributed by atoms with Gasteiger partial charge in [0.1, 0.15) is 11.6 Å². The molecule has 2 aromatic carbocycles. The molecular weight excluding hydrogens is 381 g/mol. The number of nitrogens with zero attached hydrogens (tertiary/aromatic N) is 1. The quantitative estimate of drug-likeness (QED) is 0.566. The van der Waals surface area contributed by atoms with Crippen LogP contribution in [0.4, 0.5) is 4.39 Å². The van der Waals surface area contributed by atoms with Crippen LogP contribution in [0.2, 0.25) is 0 Å². The average molecular weight is 405 g/mol. The molecule has 7 nitrogen and oxygen atoms in total. The van der Waals surface area contributed by atoms with Crippen molar-refractivity contribution < 1.29 is 32.9 Å². The van der Waals surface area contributed by atoms with Gasteiger partial charge in [0.25, 0.3) is 5.91 Å². The molecule has 0 aromatic heterocycles. The van der Waals surface area contributed by atoms with E-state index in [1.165, 1.54) is 31.4 Å². The number of hydrogen-bond donors (Lipinski definition) is 0. The molecule has 29 heavy (non-hydrogen) atoms. The van der Waals surface area contributed by atoms with Crippen LogP contribution in [0, 0.1) is 5.82 Å². The molecule has 2 aromatic rings. The van der Waals surface area contributed by atoms with Crippen LogP contribution in [0.25, 0.3) is 0 Å². The molecule has 1 amide bonds. The number of rotatable bonds is 10. The van der Waals surface area contributed by atoms with E-state index in [0.29, 0.717) is 30.3 Å². The van der Waals surface area contributed by atoms with Gasteiger partial charge >= 0.3 is 5.97 Å². The minimum absolute atomic E-state index is 0.332. The van der Waals surface area contributed by atoms with Crippen LogP contribution in [0.3, 0.4) is 0 Å². The first-order valence-electron chi connectivity index (χ1n) is 8.99. The summed E-state index contributed by atoms with van der Waals surface area (Å²) in [6, 6.07) is 10.6. The summed E-state index contributed by atoms with van der Waals surface area (Å²) in [5.74, 6) is 0.0683. The Bertz CT molecular complexity index is 824. The Balaban J connectivity index is 1.84. The highest BCUT2D eigenvalue weighted by Crippen LogP contribution is 2.28. The van der Waals surface area contributed by atoms with E-state index in [2.05, 4.69) is 0 Å². The maximum Gasteiger partial charge on any atom is 0.344 e. The van der Waals surface area contributed by atoms with E-state index < -0.39 is 18.4 Å². The summed E-state index contributed by atoms with van der Waals surface area (Å²) in [6.07, 6.45) is 0. The number of halogens is 1. The predicted molar refractivity (Wildman–Crippen MR) is 103 cm³/mol. The maximum atomic E-state index is 12.8. The van der Waals surface area contributed by atoms with Gasteiger partial charge in [-0.05, 0) is 48.9 Å². The van der Waals surface area contributed by atoms with Crippen LogP contribution in [-0.2, 0) is 20.9 Å². The molecule has 0 saturated heterocycles. The lowest BCUT2D eigenvalue weighted by Gasteiger charge is -2.21. The van der Waals surface area contributed by atoms with E-state index in [9.17, 15) is 14.0 Å². The van der Waals surface area contributed by atoms with Gasteiger partial charge in [0.15, 0.2) is 24.7 Å². The first kappa shape index (κ1) is 22.0. The van der Waals surface area contributed by atoms with E-state index in [1.807, 2.05) is 13.0 Å². The van der Waals surface area contributed by atoms with Gasteiger partial charge in [0.2, 0.25) is 0 Å². The number of esters is 1. The lowest BCUT2D eigenvalue weighted by atomic mass is 10.2. The fourth-order valence-corrected chi connectivity index (χ4v) is 2.52. The summed E-state index contributed by atoms with van der Waals surface area (Å²) in [6.45, 7) is 1.84. The topological polar surface area (TPSA) is 74.3 Å². The Hall–Kier alpha value is -3.29. The van der Waals surface area contributed by atoms with Crippen LogP contribution in [0.5, 0.6) is 17.2 Å². The van der Waals surface area contributed by atoms with Gasteiger partial charge in [-0.3, -0.25) is 4.79 Å². The highest BCUT2D eigenvalue weighted by molar-refractivity contribution is 5.81. The van der Waals surface area contributed by atoms with E-state index in [0.717, 1.165) is 5.56 Å². The first-order valence-corrected chi connectivity index (χ1v) is 8.99. The van der Waals surface area contributed by atoms with E-state index in [-0.39, 0.29) is 12.5 Å². The van der Waals surface area contributed by atoms with Gasteiger partial charge in [0.05, 0.1) is 14.2 Å². The van der Waals surface area contributed by atoms with Crippen molar-refractivity contribution in [3.05, 3.63) is 53.8 Å². The summed E-state index contributed by atoms with van der Waals surface area (Å²) < 4.78 is 33.5. The van der Waals surface area contributed by atoms with Crippen LogP contribution >= 0.6 is 0 Å². The molecule has 0 spiro atoms. The van der Waals surface area contributed by atoms with Crippen molar-refractivity contribution in [2.24, 2.45) is 0 Å². The Kier molecular flexibility index (Phi) is 8.27. The molecule has 0 heterocycles. The molecule has 0 N–H and O–H groups in total. The van der Waals surface area contributed by atoms with Crippen molar-refractivity contribution >= 4 is 11.9 Å². The zero-order chi connectivity index (χ0) is 21.2. The molecular formula is C21H24FNO6. The van der Waals surface area contributed by atoms with Gasteiger partial charge in [0, 0.05) is 13.1 Å². The second-order valence-electron chi connectivity index (χ2n) is 6.00. The molecule has 0 saturated carbocycles. The van der Waals surface area contributed by atoms with Crippen LogP contribution in [0.1, 0.15) is 12.5 Å². The fourth-order valence-electron chi connectivity index (χ4n) is 2.52. The Labute approximate surface area is 168 Å². The fraction of sp³-hybridized carbons (Fsp3) is 0.333. The van der Waals surface area contributed by atoms with Crippen molar-refractivity contribution in [3.8, 4) is 17.2 Å². The van der Waals surface area contributed by atoms with Crippen molar-refractivity contribution in [2.75, 3.05) is 34.0 Å². The largest absolute Gasteiger partial charge is 0.493 e. The van der Waals surface area contributed by atoms with Crippen LogP contribution in [0.15, 0.2) is 42.5 Å². The summed E-state index contributed by atoms with van der Waals surface area (Å²) >= 11 is 0. The van der Waals surface area contributed by atoms with Crippen LogP contribution in [-0.4, -0.2) is 50.8 Å². The average Bonchev–Trinajstić information content (AvgIpc) is 2.75. The Morgan fingerprint density at radius 3 is 2.28 bits per heavy atom. The van der Waals surface area contributed by atoms with Gasteiger partial charge in [-0.25, -0.2) is 9.18 Å². The number of likely N-dealkylation sites (N-methyl/N-ethyl adjacent to an activating group) is 1. The van der Waals surface area contributed by atoms with Crippen molar-refractivity contribution in [1.82, 2.24) is 4.90 Å². The summed E-state index contributed by atoms with van der Waals surface area (Å²) in [7, 11) is 3.09. The van der Waals surface area contributed by atoms with Crippen molar-refractivity contribution in [2.45, 2.75) is 13.5 Å². The minimum atomic E-state index is -0.690. The van der Waals surface area contributed by atoms with E-state index in [1.54, 1.807) is 24.1 Å². The molecule has 0 atom stereocenters. The lowest BCUT2D eigenvalue weighted by Crippen LogP contribution is -2.34. The molecule has 2 rings (SSSR count). The number of carbonyl (C=O) groups is 2. The van der Waals surface area contributed by atoms with E-state index in [4.69, 9.17) is 18.9 Å². The summed E-state index contributed by atoms with van der Waals surface area (Å²) in [5, 5.41) is 0. The zero-order valence-electron chi connectivity index (χ0n) is 16.6. The molecule has 0 aliphatic heterocycles. The third kappa shape index (κ3) is 6.67. The third-order valence-electron chi connectivity index (χ3n) is 4.08. The van der Waals surface area contributed by atoms with E-state index >= 15 is 0 Å². The molecule has 0 bridgehead atoms. The molecule has 0 radical (unpaired) electrons. The molecule has 156 valence electrons. The number of amides is 1. The van der Waals surface area contributed by atoms with Gasteiger partial charge in [-0.1, -0.05) is 6.07 Å². The lowest BCUT2D eigenvalue weighted by molar-refractivity contribution is -0.153. The normalized spacial score (nSPS) is 10.2. The van der Waals surface area contributed by atoms with Gasteiger partial charge < -0.3 is 23.8 Å². The Morgan fingerprint density at radius 1 is 0.966 bits per heavy atom. The van der Waals surface area contributed by atoms with Crippen LogP contribution < -0.4 is 14.2 Å². The molecule has 0 unspecified atom stereocenters. The second-order valence-corrected chi connectivity index (χ2v) is 6.00. The maximum absolute atomic E-state index is 12.8. The number of hydrogen-bond acceptors (Lipinski definition) is 6. The highest BCUT2D eigenvalue weighted by Gasteiger charge is 2.16. The predicted octanol–water partition coefficient (Wildman–Crippen LogP) is 2.81. The second kappa shape index (κ2) is 10.9.